The molecule has 0 atom stereocenters. The highest BCUT2D eigenvalue weighted by Crippen LogP contribution is 2.49. The summed E-state index contributed by atoms with van der Waals surface area (Å²) in [5, 5.41) is 0. The Morgan fingerprint density at radius 2 is 1.75 bits per heavy atom. The first-order valence-electron chi connectivity index (χ1n) is 11.4. The van der Waals surface area contributed by atoms with Crippen molar-refractivity contribution in [3.8, 4) is 5.75 Å². The zero-order valence-electron chi connectivity index (χ0n) is 18.8. The minimum absolute atomic E-state index is 0.000333. The Balaban J connectivity index is 1.31. The van der Waals surface area contributed by atoms with Gasteiger partial charge in [-0.15, -0.1) is 0 Å². The van der Waals surface area contributed by atoms with Crippen LogP contribution in [0.15, 0.2) is 42.5 Å². The normalized spacial score (nSPS) is 19.6. The first-order valence-corrected chi connectivity index (χ1v) is 11.4. The fourth-order valence-corrected chi connectivity index (χ4v) is 5.21. The van der Waals surface area contributed by atoms with Crippen molar-refractivity contribution in [3.05, 3.63) is 59.2 Å². The van der Waals surface area contributed by atoms with Gasteiger partial charge in [-0.2, -0.15) is 0 Å². The Hall–Kier alpha value is -2.86. The molecule has 6 nitrogen and oxygen atoms in total. The van der Waals surface area contributed by atoms with Crippen LogP contribution in [0.25, 0.3) is 0 Å². The standard InChI is InChI=1S/C26H30N2O4/c1-31-21-9-10-23-22(15-21)26(17-28(23)24(29)19-7-8-19)11-13-27(14-12-26)16-18-3-5-20(6-4-18)25(30)32-2/h3-6,9-10,15,19H,7-8,11-14,16-17H2,1-2H3. The van der Waals surface area contributed by atoms with Crippen LogP contribution in [0, 0.1) is 5.92 Å². The van der Waals surface area contributed by atoms with E-state index in [1.807, 2.05) is 35.2 Å². The second kappa shape index (κ2) is 8.24. The summed E-state index contributed by atoms with van der Waals surface area (Å²) in [6.45, 7) is 3.58. The van der Waals surface area contributed by atoms with Crippen molar-refractivity contribution >= 4 is 17.6 Å². The summed E-state index contributed by atoms with van der Waals surface area (Å²) in [6, 6.07) is 13.8. The van der Waals surface area contributed by atoms with Gasteiger partial charge < -0.3 is 14.4 Å². The van der Waals surface area contributed by atoms with Gasteiger partial charge in [0.2, 0.25) is 5.91 Å². The van der Waals surface area contributed by atoms with E-state index in [9.17, 15) is 9.59 Å². The highest BCUT2D eigenvalue weighted by molar-refractivity contribution is 5.99. The molecule has 1 saturated carbocycles. The molecular formula is C26H30N2O4. The van der Waals surface area contributed by atoms with E-state index < -0.39 is 0 Å². The summed E-state index contributed by atoms with van der Waals surface area (Å²) in [4.78, 5) is 29.2. The first kappa shape index (κ1) is 21.0. The number of hydrogen-bond donors (Lipinski definition) is 0. The molecule has 1 spiro atoms. The van der Waals surface area contributed by atoms with E-state index in [4.69, 9.17) is 9.47 Å². The van der Waals surface area contributed by atoms with Crippen LogP contribution in [-0.4, -0.2) is 50.6 Å². The van der Waals surface area contributed by atoms with Gasteiger partial charge in [-0.3, -0.25) is 9.69 Å². The predicted molar refractivity (Wildman–Crippen MR) is 122 cm³/mol. The smallest absolute Gasteiger partial charge is 0.337 e. The molecule has 1 saturated heterocycles. The fraction of sp³-hybridized carbons (Fsp3) is 0.462. The van der Waals surface area contributed by atoms with Crippen LogP contribution in [0.2, 0.25) is 0 Å². The van der Waals surface area contributed by atoms with E-state index in [-0.39, 0.29) is 17.3 Å². The topological polar surface area (TPSA) is 59.1 Å². The number of piperidine rings is 1. The van der Waals surface area contributed by atoms with Crippen LogP contribution < -0.4 is 9.64 Å². The minimum atomic E-state index is -0.308. The predicted octanol–water partition coefficient (Wildman–Crippen LogP) is 3.77. The number of amides is 1. The number of anilines is 1. The molecule has 2 aromatic rings. The summed E-state index contributed by atoms with van der Waals surface area (Å²) in [5.41, 5.74) is 4.11. The summed E-state index contributed by atoms with van der Waals surface area (Å²) >= 11 is 0. The van der Waals surface area contributed by atoms with Crippen molar-refractivity contribution in [3.63, 3.8) is 0 Å². The molecule has 0 N–H and O–H groups in total. The summed E-state index contributed by atoms with van der Waals surface area (Å²) in [6.07, 6.45) is 4.08. The van der Waals surface area contributed by atoms with Gasteiger partial charge in [0.15, 0.2) is 0 Å². The number of hydrogen-bond acceptors (Lipinski definition) is 5. The fourth-order valence-electron chi connectivity index (χ4n) is 5.21. The zero-order valence-corrected chi connectivity index (χ0v) is 18.8. The molecule has 0 bridgehead atoms. The molecule has 0 unspecified atom stereocenters. The van der Waals surface area contributed by atoms with Crippen molar-refractivity contribution in [2.24, 2.45) is 5.92 Å². The summed E-state index contributed by atoms with van der Waals surface area (Å²) in [5.74, 6) is 1.06. The number of ether oxygens (including phenoxy) is 2. The van der Waals surface area contributed by atoms with E-state index in [2.05, 4.69) is 17.0 Å². The van der Waals surface area contributed by atoms with Crippen LogP contribution in [0.3, 0.4) is 0 Å². The third-order valence-corrected chi connectivity index (χ3v) is 7.31. The van der Waals surface area contributed by atoms with E-state index in [1.165, 1.54) is 18.2 Å². The van der Waals surface area contributed by atoms with Gasteiger partial charge in [0.1, 0.15) is 5.75 Å². The lowest BCUT2D eigenvalue weighted by molar-refractivity contribution is -0.119. The number of rotatable bonds is 5. The molecule has 2 aromatic carbocycles. The second-order valence-electron chi connectivity index (χ2n) is 9.33. The Labute approximate surface area is 189 Å². The molecular weight excluding hydrogens is 404 g/mol. The van der Waals surface area contributed by atoms with Crippen LogP contribution in [0.4, 0.5) is 5.69 Å². The number of likely N-dealkylation sites (tertiary alicyclic amines) is 1. The molecule has 6 heteroatoms. The number of fused-ring (bicyclic) bond motifs is 2. The van der Waals surface area contributed by atoms with Gasteiger partial charge >= 0.3 is 5.97 Å². The minimum Gasteiger partial charge on any atom is -0.497 e. The van der Waals surface area contributed by atoms with Crippen molar-refractivity contribution in [1.29, 1.82) is 0 Å². The Morgan fingerprint density at radius 1 is 1.03 bits per heavy atom. The average Bonchev–Trinajstić information content (AvgIpc) is 3.64. The van der Waals surface area contributed by atoms with Gasteiger partial charge in [-0.25, -0.2) is 4.79 Å². The van der Waals surface area contributed by atoms with Gasteiger partial charge in [0.25, 0.3) is 0 Å². The number of methoxy groups -OCH3 is 2. The average molecular weight is 435 g/mol. The van der Waals surface area contributed by atoms with E-state index in [1.54, 1.807) is 7.11 Å². The highest BCUT2D eigenvalue weighted by Gasteiger charge is 2.48. The monoisotopic (exact) mass is 434 g/mol. The second-order valence-corrected chi connectivity index (χ2v) is 9.33. The Morgan fingerprint density at radius 3 is 2.38 bits per heavy atom. The van der Waals surface area contributed by atoms with Gasteiger partial charge in [-0.1, -0.05) is 12.1 Å². The molecule has 1 amide bonds. The number of carbonyl (C=O) groups excluding carboxylic acids is 2. The molecule has 168 valence electrons. The highest BCUT2D eigenvalue weighted by atomic mass is 16.5. The lowest BCUT2D eigenvalue weighted by Gasteiger charge is -2.40. The molecule has 2 heterocycles. The molecule has 2 aliphatic heterocycles. The lowest BCUT2D eigenvalue weighted by atomic mass is 9.74. The van der Waals surface area contributed by atoms with Crippen LogP contribution in [-0.2, 0) is 21.5 Å². The molecule has 0 aromatic heterocycles. The molecule has 32 heavy (non-hydrogen) atoms. The SMILES string of the molecule is COC(=O)c1ccc(CN2CCC3(CC2)CN(C(=O)C2CC2)c2ccc(OC)cc23)cc1. The van der Waals surface area contributed by atoms with Crippen LogP contribution in [0.5, 0.6) is 5.75 Å². The van der Waals surface area contributed by atoms with E-state index in [0.717, 1.165) is 63.3 Å². The van der Waals surface area contributed by atoms with E-state index >= 15 is 0 Å². The van der Waals surface area contributed by atoms with Crippen LogP contribution in [0.1, 0.15) is 47.2 Å². The molecule has 2 fully saturated rings. The third-order valence-electron chi connectivity index (χ3n) is 7.31. The molecule has 0 radical (unpaired) electrons. The van der Waals surface area contributed by atoms with Gasteiger partial charge in [-0.05, 0) is 80.2 Å². The number of esters is 1. The molecule has 3 aliphatic rings. The maximum atomic E-state index is 13.0. The number of benzene rings is 2. The largest absolute Gasteiger partial charge is 0.497 e. The zero-order chi connectivity index (χ0) is 22.3. The van der Waals surface area contributed by atoms with Crippen molar-refractivity contribution < 1.29 is 19.1 Å². The Kier molecular flexibility index (Phi) is 5.41. The summed E-state index contributed by atoms with van der Waals surface area (Å²) in [7, 11) is 3.10. The quantitative estimate of drug-likeness (QED) is 0.671. The van der Waals surface area contributed by atoms with Crippen molar-refractivity contribution in [2.45, 2.75) is 37.6 Å². The van der Waals surface area contributed by atoms with Gasteiger partial charge in [0.05, 0.1) is 19.8 Å². The Bertz CT molecular complexity index is 1020. The number of carbonyl (C=O) groups is 2. The summed E-state index contributed by atoms with van der Waals surface area (Å²) < 4.78 is 10.3. The number of nitrogens with zero attached hydrogens (tertiary/aromatic N) is 2. The molecule has 5 rings (SSSR count). The van der Waals surface area contributed by atoms with Crippen molar-refractivity contribution in [2.75, 3.05) is 38.8 Å². The van der Waals surface area contributed by atoms with Gasteiger partial charge in [0, 0.05) is 30.1 Å². The van der Waals surface area contributed by atoms with Crippen LogP contribution >= 0.6 is 0 Å². The first-order chi connectivity index (χ1) is 15.5. The maximum Gasteiger partial charge on any atom is 0.337 e. The van der Waals surface area contributed by atoms with E-state index in [0.29, 0.717) is 11.5 Å². The maximum absolute atomic E-state index is 13.0. The molecule has 1 aliphatic carbocycles. The lowest BCUT2D eigenvalue weighted by Crippen LogP contribution is -2.46. The third kappa shape index (κ3) is 3.77. The van der Waals surface area contributed by atoms with Crippen molar-refractivity contribution in [1.82, 2.24) is 4.90 Å².